The Labute approximate surface area is 205 Å². The van der Waals surface area contributed by atoms with Gasteiger partial charge < -0.3 is 10.3 Å². The van der Waals surface area contributed by atoms with Crippen molar-refractivity contribution >= 4 is 11.0 Å². The van der Waals surface area contributed by atoms with Crippen LogP contribution in [0.15, 0.2) is 60.1 Å². The van der Waals surface area contributed by atoms with E-state index < -0.39 is 0 Å². The van der Waals surface area contributed by atoms with Crippen molar-refractivity contribution in [2.45, 2.75) is 80.4 Å². The molecule has 3 rings (SSSR count). The normalized spacial score (nSPS) is 10.6. The van der Waals surface area contributed by atoms with Crippen LogP contribution in [0.25, 0.3) is 11.0 Å². The molecular weight excluding hydrogens is 422 g/mol. The number of fused-ring (bicyclic) bond motifs is 1. The van der Waals surface area contributed by atoms with Gasteiger partial charge in [-0.05, 0) is 58.2 Å². The van der Waals surface area contributed by atoms with Gasteiger partial charge in [-0.25, -0.2) is 9.78 Å². The molecule has 6 nitrogen and oxygen atoms in total. The number of nitrogens with zero attached hydrogens (tertiary/aromatic N) is 4. The topological polar surface area (TPSA) is 70.8 Å². The first-order valence-electron chi connectivity index (χ1n) is 12.4. The van der Waals surface area contributed by atoms with Crippen LogP contribution in [0.1, 0.15) is 71.9 Å². The Morgan fingerprint density at radius 1 is 1.15 bits per heavy atom. The molecule has 0 atom stereocenters. The predicted molar refractivity (Wildman–Crippen MR) is 146 cm³/mol. The lowest BCUT2D eigenvalue weighted by Crippen LogP contribution is -2.27. The van der Waals surface area contributed by atoms with Crippen molar-refractivity contribution in [1.82, 2.24) is 18.7 Å². The third-order valence-electron chi connectivity index (χ3n) is 5.37. The van der Waals surface area contributed by atoms with Crippen molar-refractivity contribution in [2.24, 2.45) is 11.7 Å². The number of nitrogens with two attached hydrogens (primary N) is 1. The van der Waals surface area contributed by atoms with Crippen molar-refractivity contribution in [3.63, 3.8) is 0 Å². The zero-order valence-electron chi connectivity index (χ0n) is 22.3. The van der Waals surface area contributed by atoms with Gasteiger partial charge in [-0.1, -0.05) is 64.6 Å². The van der Waals surface area contributed by atoms with Gasteiger partial charge in [0.25, 0.3) is 0 Å². The minimum absolute atomic E-state index is 0.0345. The molecule has 34 heavy (non-hydrogen) atoms. The largest absolute Gasteiger partial charge is 0.333 e. The fourth-order valence-electron chi connectivity index (χ4n) is 3.63. The fraction of sp³-hybridized carbons (Fsp3) is 0.500. The van der Waals surface area contributed by atoms with Crippen molar-refractivity contribution in [3.05, 3.63) is 77.3 Å². The highest BCUT2D eigenvalue weighted by atomic mass is 16.1. The van der Waals surface area contributed by atoms with Gasteiger partial charge in [0, 0.05) is 18.8 Å². The zero-order valence-corrected chi connectivity index (χ0v) is 22.3. The number of hydrogen-bond acceptors (Lipinski definition) is 3. The Balaban J connectivity index is 0.000000553. The molecule has 188 valence electrons. The van der Waals surface area contributed by atoms with Gasteiger partial charge in [-0.15, -0.1) is 0 Å². The van der Waals surface area contributed by atoms with Crippen LogP contribution in [0.3, 0.4) is 0 Å². The quantitative estimate of drug-likeness (QED) is 0.387. The molecule has 0 amide bonds. The number of aromatic nitrogens is 4. The van der Waals surface area contributed by atoms with Gasteiger partial charge in [0.15, 0.2) is 0 Å². The van der Waals surface area contributed by atoms with E-state index in [9.17, 15) is 4.79 Å². The molecule has 0 saturated heterocycles. The van der Waals surface area contributed by atoms with Crippen LogP contribution in [0.4, 0.5) is 0 Å². The van der Waals surface area contributed by atoms with E-state index in [-0.39, 0.29) is 11.7 Å². The Hall–Kier alpha value is -2.86. The Bertz CT molecular complexity index is 1100. The molecule has 2 N–H and O–H groups in total. The molecule has 0 aliphatic carbocycles. The number of allylic oxidation sites excluding steroid dienone is 1. The first-order valence-corrected chi connectivity index (χ1v) is 12.4. The second-order valence-corrected chi connectivity index (χ2v) is 8.90. The summed E-state index contributed by atoms with van der Waals surface area (Å²) in [5, 5.41) is 0. The number of para-hydroxylation sites is 2. The van der Waals surface area contributed by atoms with Gasteiger partial charge in [0.2, 0.25) is 0 Å². The molecule has 1 aromatic carbocycles. The second-order valence-electron chi connectivity index (χ2n) is 8.90. The lowest BCUT2D eigenvalue weighted by Gasteiger charge is -2.10. The molecule has 0 fully saturated rings. The monoisotopic (exact) mass is 467 g/mol. The van der Waals surface area contributed by atoms with Crippen LogP contribution in [0.5, 0.6) is 0 Å². The van der Waals surface area contributed by atoms with Crippen LogP contribution in [0, 0.1) is 12.8 Å². The SMILES string of the molecule is C=CC(=C)CCN.CC.Cc1cn(CCC(C)C)c(Cn2c(=O)n(C(C)C)c3ccccc32)n1. The molecule has 2 heterocycles. The zero-order chi connectivity index (χ0) is 25.8. The number of benzene rings is 1. The van der Waals surface area contributed by atoms with Gasteiger partial charge in [-0.3, -0.25) is 9.13 Å². The number of rotatable bonds is 9. The number of hydrogen-bond donors (Lipinski definition) is 1. The van der Waals surface area contributed by atoms with E-state index in [1.807, 2.05) is 68.0 Å². The highest BCUT2D eigenvalue weighted by Gasteiger charge is 2.17. The first-order chi connectivity index (χ1) is 16.2. The summed E-state index contributed by atoms with van der Waals surface area (Å²) in [7, 11) is 0. The van der Waals surface area contributed by atoms with E-state index in [0.29, 0.717) is 19.0 Å². The average Bonchev–Trinajstić information content (AvgIpc) is 3.30. The Morgan fingerprint density at radius 2 is 1.76 bits per heavy atom. The van der Waals surface area contributed by atoms with Crippen LogP contribution in [-0.2, 0) is 13.1 Å². The number of imidazole rings is 2. The van der Waals surface area contributed by atoms with Crippen molar-refractivity contribution in [2.75, 3.05) is 6.54 Å². The van der Waals surface area contributed by atoms with Crippen LogP contribution < -0.4 is 11.4 Å². The minimum atomic E-state index is 0.0345. The van der Waals surface area contributed by atoms with E-state index in [1.54, 1.807) is 6.08 Å². The van der Waals surface area contributed by atoms with E-state index in [2.05, 4.69) is 42.8 Å². The molecular formula is C28H45N5O. The maximum absolute atomic E-state index is 13.0. The lowest BCUT2D eigenvalue weighted by molar-refractivity contribution is 0.497. The maximum atomic E-state index is 13.0. The molecule has 0 aliphatic rings. The van der Waals surface area contributed by atoms with E-state index in [0.717, 1.165) is 47.5 Å². The lowest BCUT2D eigenvalue weighted by atomic mass is 10.1. The molecule has 0 bridgehead atoms. The summed E-state index contributed by atoms with van der Waals surface area (Å²) in [5.74, 6) is 1.59. The molecule has 3 aromatic rings. The van der Waals surface area contributed by atoms with Crippen molar-refractivity contribution in [1.29, 1.82) is 0 Å². The summed E-state index contributed by atoms with van der Waals surface area (Å²) in [5.41, 5.74) is 9.20. The van der Waals surface area contributed by atoms with Gasteiger partial charge in [0.1, 0.15) is 5.82 Å². The molecule has 0 aliphatic heterocycles. The predicted octanol–water partition coefficient (Wildman–Crippen LogP) is 6.09. The highest BCUT2D eigenvalue weighted by molar-refractivity contribution is 5.76. The fourth-order valence-corrected chi connectivity index (χ4v) is 3.63. The molecule has 0 saturated carbocycles. The summed E-state index contributed by atoms with van der Waals surface area (Å²) in [6.45, 7) is 23.9. The van der Waals surface area contributed by atoms with E-state index in [1.165, 1.54) is 0 Å². The minimum Gasteiger partial charge on any atom is -0.333 e. The summed E-state index contributed by atoms with van der Waals surface area (Å²) in [6.07, 6.45) is 5.78. The van der Waals surface area contributed by atoms with Crippen LogP contribution >= 0.6 is 0 Å². The summed E-state index contributed by atoms with van der Waals surface area (Å²) in [6, 6.07) is 8.13. The van der Waals surface area contributed by atoms with Crippen LogP contribution in [-0.4, -0.2) is 25.2 Å². The molecule has 0 radical (unpaired) electrons. The maximum Gasteiger partial charge on any atom is 0.329 e. The third-order valence-corrected chi connectivity index (χ3v) is 5.37. The third kappa shape index (κ3) is 7.87. The van der Waals surface area contributed by atoms with Crippen LogP contribution in [0.2, 0.25) is 0 Å². The molecule has 0 spiro atoms. The molecule has 6 heteroatoms. The first kappa shape index (κ1) is 29.2. The van der Waals surface area contributed by atoms with Crippen molar-refractivity contribution in [3.8, 4) is 0 Å². The Morgan fingerprint density at radius 3 is 2.26 bits per heavy atom. The Kier molecular flexibility index (Phi) is 12.4. The van der Waals surface area contributed by atoms with E-state index >= 15 is 0 Å². The summed E-state index contributed by atoms with van der Waals surface area (Å²) in [4.78, 5) is 17.7. The van der Waals surface area contributed by atoms with Crippen molar-refractivity contribution < 1.29 is 0 Å². The second kappa shape index (κ2) is 14.4. The van der Waals surface area contributed by atoms with Gasteiger partial charge >= 0.3 is 5.69 Å². The number of aryl methyl sites for hydroxylation is 2. The highest BCUT2D eigenvalue weighted by Crippen LogP contribution is 2.18. The molecule has 2 aromatic heterocycles. The standard InChI is InChI=1S/C20H28N4O.C6H11N.C2H6/c1-14(2)10-11-22-12-16(5)21-19(22)13-23-17-8-6-7-9-18(17)24(15(3)4)20(23)25;1-3-6(2)4-5-7;1-2/h6-9,12,14-15H,10-11,13H2,1-5H3;3H,1-2,4-5,7H2;1-2H3. The van der Waals surface area contributed by atoms with Gasteiger partial charge in [0.05, 0.1) is 23.3 Å². The van der Waals surface area contributed by atoms with Gasteiger partial charge in [-0.2, -0.15) is 0 Å². The average molecular weight is 468 g/mol. The smallest absolute Gasteiger partial charge is 0.329 e. The summed E-state index contributed by atoms with van der Waals surface area (Å²) < 4.78 is 5.91. The molecule has 0 unspecified atom stereocenters. The van der Waals surface area contributed by atoms with E-state index in [4.69, 9.17) is 5.73 Å². The summed E-state index contributed by atoms with van der Waals surface area (Å²) >= 11 is 0.